The molecule has 3 N–H and O–H groups in total. The van der Waals surface area contributed by atoms with E-state index in [4.69, 9.17) is 4.74 Å². The van der Waals surface area contributed by atoms with Gasteiger partial charge >= 0.3 is 0 Å². The van der Waals surface area contributed by atoms with Crippen molar-refractivity contribution in [1.82, 2.24) is 24.9 Å². The molecule has 9 nitrogen and oxygen atoms in total. The minimum atomic E-state index is -0.881. The number of methoxy groups -OCH3 is 1. The van der Waals surface area contributed by atoms with Crippen molar-refractivity contribution in [2.75, 3.05) is 23.1 Å². The maximum absolute atomic E-state index is 14.4. The lowest BCUT2D eigenvalue weighted by atomic mass is 10.1. The Kier molecular flexibility index (Phi) is 8.61. The monoisotopic (exact) mass is 642 g/mol. The number of hydrogen-bond donors (Lipinski definition) is 4. The van der Waals surface area contributed by atoms with Gasteiger partial charge in [0.2, 0.25) is 17.8 Å². The highest BCUT2D eigenvalue weighted by atomic mass is 32.1. The van der Waals surface area contributed by atoms with Crippen molar-refractivity contribution in [3.63, 3.8) is 0 Å². The van der Waals surface area contributed by atoms with Crippen LogP contribution in [0.5, 0.6) is 5.75 Å². The fraction of sp³-hybridized carbons (Fsp3) is 0.0312. The number of aromatic nitrogens is 5. The summed E-state index contributed by atoms with van der Waals surface area (Å²) in [6, 6.07) is 22.3. The lowest BCUT2D eigenvalue weighted by Crippen LogP contribution is -2.08. The largest absolute Gasteiger partial charge is 0.497 e. The summed E-state index contributed by atoms with van der Waals surface area (Å²) in [6.07, 6.45) is 0. The lowest BCUT2D eigenvalue weighted by molar-refractivity contribution is 0.415. The summed E-state index contributed by atoms with van der Waals surface area (Å²) in [4.78, 5) is 21.6. The maximum atomic E-state index is 14.4. The van der Waals surface area contributed by atoms with Gasteiger partial charge in [0.25, 0.3) is 0 Å². The highest BCUT2D eigenvalue weighted by Crippen LogP contribution is 2.29. The van der Waals surface area contributed by atoms with E-state index in [1.165, 1.54) is 12.1 Å². The Morgan fingerprint density at radius 3 is 1.46 bits per heavy atom. The third-order valence-corrected chi connectivity index (χ3v) is 6.73. The zero-order valence-electron chi connectivity index (χ0n) is 23.8. The molecule has 0 fully saturated rings. The molecule has 0 unspecified atom stereocenters. The SMILES string of the molecule is COc1ccc(-c2cc(-c3ccc(Nc4nc(Nc5ccc(F)cc5F)nc(Nc5ccc(F)cc5F)n4)cc3)nc(S)n2)cc1. The summed E-state index contributed by atoms with van der Waals surface area (Å²) in [6.45, 7) is 0. The molecule has 0 bridgehead atoms. The van der Waals surface area contributed by atoms with Crippen LogP contribution in [0.4, 0.5) is 52.5 Å². The quantitative estimate of drug-likeness (QED) is 0.0707. The predicted octanol–water partition coefficient (Wildman–Crippen LogP) is 8.08. The molecule has 6 rings (SSSR count). The Morgan fingerprint density at radius 1 is 0.543 bits per heavy atom. The molecule has 0 saturated heterocycles. The number of benzene rings is 4. The van der Waals surface area contributed by atoms with E-state index in [1.54, 1.807) is 19.2 Å². The minimum Gasteiger partial charge on any atom is -0.497 e. The fourth-order valence-corrected chi connectivity index (χ4v) is 4.53. The molecule has 2 heterocycles. The number of nitrogens with zero attached hydrogens (tertiary/aromatic N) is 5. The number of ether oxygens (including phenoxy) is 1. The molecule has 0 aliphatic rings. The Morgan fingerprint density at radius 2 is 1.00 bits per heavy atom. The van der Waals surface area contributed by atoms with E-state index in [-0.39, 0.29) is 29.2 Å². The maximum Gasteiger partial charge on any atom is 0.233 e. The van der Waals surface area contributed by atoms with Crippen LogP contribution in [0.2, 0.25) is 0 Å². The van der Waals surface area contributed by atoms with Crippen LogP contribution in [0.25, 0.3) is 22.5 Å². The molecule has 0 amide bonds. The summed E-state index contributed by atoms with van der Waals surface area (Å²) in [7, 11) is 1.60. The van der Waals surface area contributed by atoms with Gasteiger partial charge in [0.15, 0.2) is 5.16 Å². The van der Waals surface area contributed by atoms with Crippen molar-refractivity contribution in [2.24, 2.45) is 0 Å². The van der Waals surface area contributed by atoms with E-state index in [1.807, 2.05) is 42.5 Å². The number of nitrogens with one attached hydrogen (secondary N) is 3. The Balaban J connectivity index is 1.28. The van der Waals surface area contributed by atoms with Crippen molar-refractivity contribution < 1.29 is 22.3 Å². The smallest absolute Gasteiger partial charge is 0.233 e. The van der Waals surface area contributed by atoms with Crippen molar-refractivity contribution in [1.29, 1.82) is 0 Å². The van der Waals surface area contributed by atoms with Crippen LogP contribution >= 0.6 is 12.6 Å². The first-order valence-electron chi connectivity index (χ1n) is 13.5. The van der Waals surface area contributed by atoms with Crippen molar-refractivity contribution in [2.45, 2.75) is 5.16 Å². The molecule has 0 aliphatic heterocycles. The van der Waals surface area contributed by atoms with Crippen LogP contribution in [0.15, 0.2) is 96.2 Å². The third-order valence-electron chi connectivity index (χ3n) is 6.53. The summed E-state index contributed by atoms with van der Waals surface area (Å²) < 4.78 is 60.8. The summed E-state index contributed by atoms with van der Waals surface area (Å²) >= 11 is 4.38. The Hall–Kier alpha value is -5.76. The summed E-state index contributed by atoms with van der Waals surface area (Å²) in [5.74, 6) is -2.84. The molecule has 0 saturated carbocycles. The van der Waals surface area contributed by atoms with Crippen molar-refractivity contribution in [3.8, 4) is 28.3 Å². The zero-order chi connectivity index (χ0) is 32.2. The normalized spacial score (nSPS) is 10.8. The zero-order valence-corrected chi connectivity index (χ0v) is 24.7. The van der Waals surface area contributed by atoms with E-state index in [0.717, 1.165) is 29.0 Å². The third kappa shape index (κ3) is 7.13. The van der Waals surface area contributed by atoms with Crippen molar-refractivity contribution in [3.05, 3.63) is 114 Å². The van der Waals surface area contributed by atoms with Gasteiger partial charge in [-0.25, -0.2) is 27.5 Å². The van der Waals surface area contributed by atoms with E-state index in [2.05, 4.69) is 53.5 Å². The van der Waals surface area contributed by atoms with E-state index >= 15 is 0 Å². The van der Waals surface area contributed by atoms with Crippen LogP contribution in [0.3, 0.4) is 0 Å². The van der Waals surface area contributed by atoms with Crippen LogP contribution in [-0.4, -0.2) is 32.0 Å². The molecule has 230 valence electrons. The first kappa shape index (κ1) is 30.3. The Bertz CT molecular complexity index is 1960. The van der Waals surface area contributed by atoms with E-state index in [9.17, 15) is 17.6 Å². The number of rotatable bonds is 9. The first-order chi connectivity index (χ1) is 22.2. The number of anilines is 6. The predicted molar refractivity (Wildman–Crippen MR) is 169 cm³/mol. The lowest BCUT2D eigenvalue weighted by Gasteiger charge is -2.13. The van der Waals surface area contributed by atoms with Crippen molar-refractivity contribution >= 4 is 47.5 Å². The number of halogens is 4. The van der Waals surface area contributed by atoms with E-state index < -0.39 is 23.3 Å². The second-order valence-corrected chi connectivity index (χ2v) is 10.1. The van der Waals surface area contributed by atoms with E-state index in [0.29, 0.717) is 34.4 Å². The van der Waals surface area contributed by atoms with Gasteiger partial charge in [-0.3, -0.25) is 0 Å². The van der Waals surface area contributed by atoms with Crippen LogP contribution in [0, 0.1) is 23.3 Å². The second-order valence-electron chi connectivity index (χ2n) is 9.67. The molecular weight excluding hydrogens is 620 g/mol. The summed E-state index contributed by atoms with van der Waals surface area (Å²) in [5.41, 5.74) is 3.30. The van der Waals surface area contributed by atoms with Gasteiger partial charge in [-0.15, -0.1) is 12.6 Å². The molecule has 14 heteroatoms. The molecule has 4 aromatic carbocycles. The minimum absolute atomic E-state index is 0.000683. The van der Waals surface area contributed by atoms with Gasteiger partial charge in [0.1, 0.15) is 29.0 Å². The summed E-state index contributed by atoms with van der Waals surface area (Å²) in [5, 5.41) is 8.67. The van der Waals surface area contributed by atoms with Gasteiger partial charge in [-0.05, 0) is 66.7 Å². The standard InChI is InChI=1S/C32H22F4N8OS/c1-45-22-10-4-18(5-11-22)28-16-27(40-32(46)41-28)17-2-8-21(9-3-17)37-29-42-30(38-25-12-6-19(33)14-23(25)35)44-31(43-29)39-26-13-7-20(34)15-24(26)36/h2-16H,1H3,(H,40,41,46)(H3,37,38,39,42,43,44). The molecule has 46 heavy (non-hydrogen) atoms. The van der Waals surface area contributed by atoms with Gasteiger partial charge in [0, 0.05) is 28.9 Å². The molecular formula is C32H22F4N8OS. The Labute approximate surface area is 265 Å². The van der Waals surface area contributed by atoms with Crippen LogP contribution < -0.4 is 20.7 Å². The molecule has 0 spiro atoms. The van der Waals surface area contributed by atoms with Crippen LogP contribution in [-0.2, 0) is 0 Å². The second kappa shape index (κ2) is 13.1. The van der Waals surface area contributed by atoms with Gasteiger partial charge in [-0.1, -0.05) is 12.1 Å². The molecule has 0 aliphatic carbocycles. The number of hydrogen-bond acceptors (Lipinski definition) is 10. The van der Waals surface area contributed by atoms with Gasteiger partial charge in [-0.2, -0.15) is 15.0 Å². The molecule has 6 aromatic rings. The average molecular weight is 643 g/mol. The van der Waals surface area contributed by atoms with Gasteiger partial charge < -0.3 is 20.7 Å². The topological polar surface area (TPSA) is 110 Å². The molecule has 0 atom stereocenters. The van der Waals surface area contributed by atoms with Gasteiger partial charge in [0.05, 0.1) is 29.9 Å². The molecule has 0 radical (unpaired) electrons. The fourth-order valence-electron chi connectivity index (χ4n) is 4.31. The average Bonchev–Trinajstić information content (AvgIpc) is 3.04. The molecule has 2 aromatic heterocycles. The number of thiol groups is 1. The first-order valence-corrected chi connectivity index (χ1v) is 14.0. The van der Waals surface area contributed by atoms with Crippen LogP contribution in [0.1, 0.15) is 0 Å². The highest BCUT2D eigenvalue weighted by Gasteiger charge is 2.14. The highest BCUT2D eigenvalue weighted by molar-refractivity contribution is 7.80.